The maximum absolute atomic E-state index is 11.9. The first-order valence-electron chi connectivity index (χ1n) is 5.93. The van der Waals surface area contributed by atoms with E-state index >= 15 is 0 Å². The molecular weight excluding hydrogens is 248 g/mol. The van der Waals surface area contributed by atoms with Gasteiger partial charge in [-0.3, -0.25) is 9.78 Å². The van der Waals surface area contributed by atoms with Gasteiger partial charge in [-0.05, 0) is 12.5 Å². The molecule has 1 amide bonds. The molecule has 1 aliphatic heterocycles. The van der Waals surface area contributed by atoms with Crippen LogP contribution >= 0.6 is 12.2 Å². The summed E-state index contributed by atoms with van der Waals surface area (Å²) in [6.45, 7) is 3.35. The Labute approximate surface area is 111 Å². The number of aromatic nitrogens is 1. The lowest BCUT2D eigenvalue weighted by Crippen LogP contribution is -2.55. The van der Waals surface area contributed by atoms with Crippen LogP contribution in [0.1, 0.15) is 18.9 Å². The summed E-state index contributed by atoms with van der Waals surface area (Å²) in [6.07, 6.45) is 4.11. The van der Waals surface area contributed by atoms with Gasteiger partial charge in [0.15, 0.2) is 0 Å². The molecule has 0 bridgehead atoms. The zero-order valence-electron chi connectivity index (χ0n) is 10.2. The number of carbonyl (C=O) groups excluding carboxylic acids is 1. The van der Waals surface area contributed by atoms with Crippen LogP contribution < -0.4 is 16.0 Å². The molecule has 0 spiro atoms. The van der Waals surface area contributed by atoms with E-state index in [4.69, 9.17) is 18.0 Å². The van der Waals surface area contributed by atoms with Crippen LogP contribution in [0.25, 0.3) is 0 Å². The van der Waals surface area contributed by atoms with E-state index in [1.54, 1.807) is 18.5 Å². The molecule has 96 valence electrons. The average Bonchev–Trinajstić information content (AvgIpc) is 2.38. The Balaban J connectivity index is 2.40. The van der Waals surface area contributed by atoms with Crippen LogP contribution in [0.5, 0.6) is 0 Å². The van der Waals surface area contributed by atoms with Gasteiger partial charge in [-0.2, -0.15) is 0 Å². The van der Waals surface area contributed by atoms with Gasteiger partial charge in [-0.1, -0.05) is 19.1 Å². The maximum atomic E-state index is 11.9. The number of carbonyl (C=O) groups is 1. The van der Waals surface area contributed by atoms with E-state index in [-0.39, 0.29) is 11.9 Å². The Kier molecular flexibility index (Phi) is 3.76. The van der Waals surface area contributed by atoms with Gasteiger partial charge in [0.1, 0.15) is 11.0 Å². The van der Waals surface area contributed by atoms with Crippen molar-refractivity contribution in [3.63, 3.8) is 0 Å². The molecule has 5 nitrogen and oxygen atoms in total. The van der Waals surface area contributed by atoms with Crippen molar-refractivity contribution in [2.24, 2.45) is 5.73 Å². The number of anilines is 1. The number of piperazine rings is 1. The third-order valence-corrected chi connectivity index (χ3v) is 3.31. The van der Waals surface area contributed by atoms with Crippen LogP contribution in [0.2, 0.25) is 0 Å². The predicted octanol–water partition coefficient (Wildman–Crippen LogP) is 0.431. The molecular formula is C12H16N4OS. The van der Waals surface area contributed by atoms with Crippen molar-refractivity contribution in [2.75, 3.05) is 18.0 Å². The fraction of sp³-hybridized carbons (Fsp3) is 0.417. The van der Waals surface area contributed by atoms with Gasteiger partial charge in [-0.15, -0.1) is 0 Å². The highest BCUT2D eigenvalue weighted by Gasteiger charge is 2.29. The highest BCUT2D eigenvalue weighted by molar-refractivity contribution is 7.80. The molecule has 0 aliphatic carbocycles. The van der Waals surface area contributed by atoms with E-state index in [2.05, 4.69) is 10.3 Å². The molecule has 1 aromatic heterocycles. The third-order valence-electron chi connectivity index (χ3n) is 3.09. The van der Waals surface area contributed by atoms with Crippen LogP contribution in [0.4, 0.5) is 5.69 Å². The lowest BCUT2D eigenvalue weighted by Gasteiger charge is -2.37. The molecule has 0 saturated carbocycles. The predicted molar refractivity (Wildman–Crippen MR) is 74.6 cm³/mol. The van der Waals surface area contributed by atoms with Crippen LogP contribution in [0.3, 0.4) is 0 Å². The van der Waals surface area contributed by atoms with Gasteiger partial charge in [0.25, 0.3) is 0 Å². The number of thiocarbonyl (C=S) groups is 1. The molecule has 6 heteroatoms. The number of nitrogens with one attached hydrogen (secondary N) is 1. The van der Waals surface area contributed by atoms with Crippen molar-refractivity contribution in [1.29, 1.82) is 0 Å². The second kappa shape index (κ2) is 5.30. The van der Waals surface area contributed by atoms with Gasteiger partial charge >= 0.3 is 0 Å². The molecule has 1 fully saturated rings. The molecule has 2 heterocycles. The normalized spacial score (nSPS) is 19.5. The van der Waals surface area contributed by atoms with E-state index < -0.39 is 0 Å². The zero-order valence-corrected chi connectivity index (χ0v) is 11.0. The molecule has 1 aromatic rings. The second-order valence-corrected chi connectivity index (χ2v) is 4.61. The molecule has 3 N–H and O–H groups in total. The number of hydrogen-bond acceptors (Lipinski definition) is 4. The summed E-state index contributed by atoms with van der Waals surface area (Å²) in [4.78, 5) is 18.3. The summed E-state index contributed by atoms with van der Waals surface area (Å²) in [5.41, 5.74) is 7.33. The summed E-state index contributed by atoms with van der Waals surface area (Å²) in [5, 5.41) is 2.87. The molecule has 18 heavy (non-hydrogen) atoms. The van der Waals surface area contributed by atoms with Crippen molar-refractivity contribution < 1.29 is 4.79 Å². The molecule has 1 atom stereocenters. The van der Waals surface area contributed by atoms with Gasteiger partial charge in [0.2, 0.25) is 5.91 Å². The highest BCUT2D eigenvalue weighted by Crippen LogP contribution is 2.23. The number of rotatable bonds is 3. The maximum Gasteiger partial charge on any atom is 0.242 e. The first-order chi connectivity index (χ1) is 8.65. The summed E-state index contributed by atoms with van der Waals surface area (Å²) >= 11 is 5.05. The number of amides is 1. The minimum absolute atomic E-state index is 0.0430. The average molecular weight is 264 g/mol. The standard InChI is InChI=1S/C12H16N4OS/c1-2-9-12(17)15-5-6-16(9)10-7-14-4-3-8(10)11(13)18/h3-4,7,9H,2,5-6H2,1H3,(H2,13,18)(H,15,17). The molecule has 0 aromatic carbocycles. The summed E-state index contributed by atoms with van der Waals surface area (Å²) in [6, 6.07) is 1.60. The highest BCUT2D eigenvalue weighted by atomic mass is 32.1. The zero-order chi connectivity index (χ0) is 13.1. The fourth-order valence-corrected chi connectivity index (χ4v) is 2.40. The Morgan fingerprint density at radius 2 is 2.50 bits per heavy atom. The van der Waals surface area contributed by atoms with E-state index in [9.17, 15) is 4.79 Å². The Morgan fingerprint density at radius 3 is 3.17 bits per heavy atom. The van der Waals surface area contributed by atoms with E-state index in [1.807, 2.05) is 11.8 Å². The molecule has 1 aliphatic rings. The van der Waals surface area contributed by atoms with Gasteiger partial charge in [0.05, 0.1) is 11.9 Å². The van der Waals surface area contributed by atoms with Crippen molar-refractivity contribution in [2.45, 2.75) is 19.4 Å². The lowest BCUT2D eigenvalue weighted by molar-refractivity contribution is -0.123. The van der Waals surface area contributed by atoms with Gasteiger partial charge < -0.3 is 16.0 Å². The summed E-state index contributed by atoms with van der Waals surface area (Å²) in [5.74, 6) is 0.0430. The van der Waals surface area contributed by atoms with Gasteiger partial charge in [0, 0.05) is 24.8 Å². The van der Waals surface area contributed by atoms with Crippen LogP contribution in [0, 0.1) is 0 Å². The monoisotopic (exact) mass is 264 g/mol. The third kappa shape index (κ3) is 2.28. The minimum atomic E-state index is -0.184. The molecule has 2 rings (SSSR count). The SMILES string of the molecule is CCC1C(=O)NCCN1c1cnccc1C(N)=S. The fourth-order valence-electron chi connectivity index (χ4n) is 2.23. The first kappa shape index (κ1) is 12.8. The quantitative estimate of drug-likeness (QED) is 0.775. The van der Waals surface area contributed by atoms with E-state index in [0.717, 1.165) is 24.2 Å². The van der Waals surface area contributed by atoms with E-state index in [1.165, 1.54) is 0 Å². The van der Waals surface area contributed by atoms with Crippen molar-refractivity contribution in [3.8, 4) is 0 Å². The van der Waals surface area contributed by atoms with Crippen molar-refractivity contribution in [1.82, 2.24) is 10.3 Å². The van der Waals surface area contributed by atoms with Crippen LogP contribution in [-0.2, 0) is 4.79 Å². The number of nitrogens with two attached hydrogens (primary N) is 1. The van der Waals surface area contributed by atoms with Crippen LogP contribution in [0.15, 0.2) is 18.5 Å². The number of hydrogen-bond donors (Lipinski definition) is 2. The second-order valence-electron chi connectivity index (χ2n) is 4.17. The molecule has 0 radical (unpaired) electrons. The molecule has 1 saturated heterocycles. The first-order valence-corrected chi connectivity index (χ1v) is 6.34. The number of pyridine rings is 1. The van der Waals surface area contributed by atoms with Crippen molar-refractivity contribution in [3.05, 3.63) is 24.0 Å². The van der Waals surface area contributed by atoms with Gasteiger partial charge in [-0.25, -0.2) is 0 Å². The Morgan fingerprint density at radius 1 is 1.72 bits per heavy atom. The lowest BCUT2D eigenvalue weighted by atomic mass is 10.1. The van der Waals surface area contributed by atoms with E-state index in [0.29, 0.717) is 11.5 Å². The smallest absolute Gasteiger partial charge is 0.242 e. The Hall–Kier alpha value is -1.69. The summed E-state index contributed by atoms with van der Waals surface area (Å²) < 4.78 is 0. The van der Waals surface area contributed by atoms with Crippen molar-refractivity contribution >= 4 is 28.8 Å². The number of nitrogens with zero attached hydrogens (tertiary/aromatic N) is 2. The topological polar surface area (TPSA) is 71.2 Å². The summed E-state index contributed by atoms with van der Waals surface area (Å²) in [7, 11) is 0. The van der Waals surface area contributed by atoms with Crippen LogP contribution in [-0.4, -0.2) is 35.0 Å². The Bertz CT molecular complexity index is 477. The molecule has 1 unspecified atom stereocenters. The minimum Gasteiger partial charge on any atom is -0.389 e. The largest absolute Gasteiger partial charge is 0.389 e.